The van der Waals surface area contributed by atoms with Gasteiger partial charge in [0.15, 0.2) is 0 Å². The third-order valence-corrected chi connectivity index (χ3v) is 5.70. The molecule has 0 spiro atoms. The highest BCUT2D eigenvalue weighted by Crippen LogP contribution is 2.41. The first-order valence-electron chi connectivity index (χ1n) is 9.62. The Morgan fingerprint density at radius 3 is 2.07 bits per heavy atom. The lowest BCUT2D eigenvalue weighted by molar-refractivity contribution is -0.929. The molecule has 2 aromatic carbocycles. The van der Waals surface area contributed by atoms with Gasteiger partial charge in [0, 0.05) is 23.5 Å². The Balaban J connectivity index is 1.33. The molecule has 1 N–H and O–H groups in total. The van der Waals surface area contributed by atoms with Crippen molar-refractivity contribution >= 4 is 6.21 Å². The molecule has 134 valence electrons. The molecule has 3 aromatic rings. The Hall–Kier alpha value is -2.98. The molecular formula is C23H23N4+. The molecule has 4 heteroatoms. The van der Waals surface area contributed by atoms with E-state index in [4.69, 9.17) is 0 Å². The number of hydrogen-bond donors (Lipinski definition) is 1. The summed E-state index contributed by atoms with van der Waals surface area (Å²) in [7, 11) is 0. The lowest BCUT2D eigenvalue weighted by atomic mass is 10.0. The number of hydrazone groups is 1. The highest BCUT2D eigenvalue weighted by atomic mass is 15.5. The zero-order valence-electron chi connectivity index (χ0n) is 15.3. The number of nitrogens with zero attached hydrogens (tertiary/aromatic N) is 3. The number of quaternary nitrogens is 1. The second-order valence-corrected chi connectivity index (χ2v) is 7.24. The monoisotopic (exact) mass is 355 g/mol. The molecule has 27 heavy (non-hydrogen) atoms. The van der Waals surface area contributed by atoms with Gasteiger partial charge in [0.25, 0.3) is 0 Å². The number of hydrogen-bond acceptors (Lipinski definition) is 3. The van der Waals surface area contributed by atoms with Crippen LogP contribution >= 0.6 is 0 Å². The minimum atomic E-state index is 0.448. The molecule has 0 atom stereocenters. The molecule has 0 bridgehead atoms. The molecule has 5 rings (SSSR count). The summed E-state index contributed by atoms with van der Waals surface area (Å²) in [5, 5.41) is 6.86. The van der Waals surface area contributed by atoms with Gasteiger partial charge < -0.3 is 4.90 Å². The normalized spacial score (nSPS) is 17.3. The van der Waals surface area contributed by atoms with Gasteiger partial charge in [-0.05, 0) is 28.8 Å². The van der Waals surface area contributed by atoms with Crippen molar-refractivity contribution < 1.29 is 4.90 Å². The molecule has 2 heterocycles. The first-order valence-corrected chi connectivity index (χ1v) is 9.62. The molecule has 0 radical (unpaired) electrons. The average molecular weight is 355 g/mol. The van der Waals surface area contributed by atoms with Crippen molar-refractivity contribution in [3.8, 4) is 11.1 Å². The smallest absolute Gasteiger partial charge is 0.140 e. The molecule has 1 aliphatic carbocycles. The van der Waals surface area contributed by atoms with E-state index >= 15 is 0 Å². The molecular weight excluding hydrogens is 332 g/mol. The molecule has 1 fully saturated rings. The molecule has 0 saturated carbocycles. The molecule has 4 nitrogen and oxygen atoms in total. The molecule has 0 unspecified atom stereocenters. The number of nitrogens with one attached hydrogen (secondary N) is 1. The molecule has 1 aliphatic heterocycles. The lowest BCUT2D eigenvalue weighted by Crippen LogP contribution is -3.14. The lowest BCUT2D eigenvalue weighted by Gasteiger charge is -2.34. The molecule has 1 aromatic heterocycles. The van der Waals surface area contributed by atoms with Crippen LogP contribution in [0.1, 0.15) is 22.7 Å². The van der Waals surface area contributed by atoms with Gasteiger partial charge in [0.1, 0.15) is 6.04 Å². The van der Waals surface area contributed by atoms with Crippen molar-refractivity contribution in [1.82, 2.24) is 9.99 Å². The number of fused-ring (bicyclic) bond motifs is 3. The predicted molar refractivity (Wildman–Crippen MR) is 108 cm³/mol. The largest absolute Gasteiger partial charge is 0.322 e. The van der Waals surface area contributed by atoms with Gasteiger partial charge in [0.05, 0.1) is 32.4 Å². The van der Waals surface area contributed by atoms with Crippen molar-refractivity contribution in [1.29, 1.82) is 0 Å². The van der Waals surface area contributed by atoms with E-state index in [0.29, 0.717) is 6.04 Å². The van der Waals surface area contributed by atoms with E-state index < -0.39 is 0 Å². The summed E-state index contributed by atoms with van der Waals surface area (Å²) in [6, 6.07) is 22.2. The van der Waals surface area contributed by atoms with Gasteiger partial charge in [0.2, 0.25) is 0 Å². The molecule has 2 aliphatic rings. The van der Waals surface area contributed by atoms with Crippen LogP contribution in [0.25, 0.3) is 11.1 Å². The van der Waals surface area contributed by atoms with Crippen LogP contribution in [-0.4, -0.2) is 42.4 Å². The van der Waals surface area contributed by atoms with E-state index in [0.717, 1.165) is 31.7 Å². The Morgan fingerprint density at radius 1 is 0.852 bits per heavy atom. The fraction of sp³-hybridized carbons (Fsp3) is 0.217. The Bertz CT molecular complexity index is 913. The Morgan fingerprint density at radius 2 is 1.44 bits per heavy atom. The van der Waals surface area contributed by atoms with Gasteiger partial charge in [-0.1, -0.05) is 48.5 Å². The van der Waals surface area contributed by atoms with E-state index in [1.54, 1.807) is 17.3 Å². The van der Waals surface area contributed by atoms with Gasteiger partial charge >= 0.3 is 0 Å². The maximum atomic E-state index is 4.67. The summed E-state index contributed by atoms with van der Waals surface area (Å²) in [6.07, 6.45) is 5.55. The summed E-state index contributed by atoms with van der Waals surface area (Å²) >= 11 is 0. The zero-order valence-corrected chi connectivity index (χ0v) is 15.3. The van der Waals surface area contributed by atoms with Crippen molar-refractivity contribution in [3.63, 3.8) is 0 Å². The van der Waals surface area contributed by atoms with Crippen LogP contribution in [0.4, 0.5) is 0 Å². The third kappa shape index (κ3) is 3.02. The van der Waals surface area contributed by atoms with Crippen LogP contribution in [0.2, 0.25) is 0 Å². The first kappa shape index (κ1) is 16.2. The number of pyridine rings is 1. The van der Waals surface area contributed by atoms with E-state index in [1.165, 1.54) is 22.3 Å². The van der Waals surface area contributed by atoms with Crippen LogP contribution in [-0.2, 0) is 0 Å². The van der Waals surface area contributed by atoms with Gasteiger partial charge in [-0.15, -0.1) is 0 Å². The van der Waals surface area contributed by atoms with Gasteiger partial charge in [-0.3, -0.25) is 9.99 Å². The van der Waals surface area contributed by atoms with Gasteiger partial charge in [-0.25, -0.2) is 0 Å². The minimum absolute atomic E-state index is 0.448. The third-order valence-electron chi connectivity index (χ3n) is 5.70. The fourth-order valence-electron chi connectivity index (χ4n) is 4.38. The maximum Gasteiger partial charge on any atom is 0.140 e. The quantitative estimate of drug-likeness (QED) is 0.732. The summed E-state index contributed by atoms with van der Waals surface area (Å²) in [5.41, 5.74) is 6.86. The van der Waals surface area contributed by atoms with E-state index in [-0.39, 0.29) is 0 Å². The highest BCUT2D eigenvalue weighted by Gasteiger charge is 2.37. The summed E-state index contributed by atoms with van der Waals surface area (Å²) in [6.45, 7) is 4.16. The van der Waals surface area contributed by atoms with Gasteiger partial charge in [-0.2, -0.15) is 5.10 Å². The summed E-state index contributed by atoms with van der Waals surface area (Å²) < 4.78 is 0. The average Bonchev–Trinajstić information content (AvgIpc) is 3.08. The van der Waals surface area contributed by atoms with Crippen LogP contribution < -0.4 is 4.90 Å². The second kappa shape index (κ2) is 6.97. The number of benzene rings is 2. The predicted octanol–water partition coefficient (Wildman–Crippen LogP) is 2.39. The summed E-state index contributed by atoms with van der Waals surface area (Å²) in [4.78, 5) is 5.69. The second-order valence-electron chi connectivity index (χ2n) is 7.24. The van der Waals surface area contributed by atoms with E-state index in [9.17, 15) is 0 Å². The van der Waals surface area contributed by atoms with Crippen LogP contribution in [0.15, 0.2) is 78.2 Å². The maximum absolute atomic E-state index is 4.67. The highest BCUT2D eigenvalue weighted by molar-refractivity contribution is 5.79. The number of piperazine rings is 1. The van der Waals surface area contributed by atoms with Crippen LogP contribution in [0.3, 0.4) is 0 Å². The number of rotatable bonds is 3. The van der Waals surface area contributed by atoms with Crippen molar-refractivity contribution in [2.75, 3.05) is 26.2 Å². The minimum Gasteiger partial charge on any atom is -0.322 e. The summed E-state index contributed by atoms with van der Waals surface area (Å²) in [5.74, 6) is 0. The molecule has 0 amide bonds. The van der Waals surface area contributed by atoms with Crippen molar-refractivity contribution in [2.45, 2.75) is 6.04 Å². The number of aromatic nitrogens is 1. The van der Waals surface area contributed by atoms with E-state index in [1.807, 2.05) is 18.3 Å². The van der Waals surface area contributed by atoms with Crippen LogP contribution in [0.5, 0.6) is 0 Å². The molecule has 1 saturated heterocycles. The standard InChI is InChI=1S/C23H22N4/c1-3-7-21-19(5-1)20-6-2-4-8-22(20)23(21)26-13-15-27(16-14-26)25-17-18-9-11-24-12-10-18/h1-12,17,23H,13-16H2/p+1/b25-17-. The van der Waals surface area contributed by atoms with Crippen molar-refractivity contribution in [2.24, 2.45) is 5.10 Å². The Kier molecular flexibility index (Phi) is 4.18. The van der Waals surface area contributed by atoms with E-state index in [2.05, 4.69) is 63.6 Å². The SMILES string of the molecule is C(=N/N1CC[NH+](C2c3ccccc3-c3ccccc32)CC1)/c1ccncc1. The van der Waals surface area contributed by atoms with Crippen molar-refractivity contribution in [3.05, 3.63) is 89.7 Å². The topological polar surface area (TPSA) is 32.9 Å². The van der Waals surface area contributed by atoms with Crippen LogP contribution in [0, 0.1) is 0 Å². The fourth-order valence-corrected chi connectivity index (χ4v) is 4.38. The Labute approximate surface area is 159 Å². The zero-order chi connectivity index (χ0) is 18.1. The first-order chi connectivity index (χ1) is 13.4.